The fourth-order valence-electron chi connectivity index (χ4n) is 6.05. The molecule has 204 valence electrons. The van der Waals surface area contributed by atoms with Crippen LogP contribution in [-0.2, 0) is 5.41 Å². The van der Waals surface area contributed by atoms with Crippen molar-refractivity contribution in [1.29, 1.82) is 0 Å². The number of piperidine rings is 1. The summed E-state index contributed by atoms with van der Waals surface area (Å²) in [4.78, 5) is 35.7. The maximum absolute atomic E-state index is 14.4. The molecule has 1 N–H and O–H groups in total. The molecule has 0 bridgehead atoms. The molecule has 0 saturated carbocycles. The zero-order chi connectivity index (χ0) is 27.7. The molecule has 39 heavy (non-hydrogen) atoms. The minimum atomic E-state index is -1.36. The van der Waals surface area contributed by atoms with Crippen LogP contribution in [-0.4, -0.2) is 53.4 Å². The number of benzene rings is 2. The summed E-state index contributed by atoms with van der Waals surface area (Å²) in [6.07, 6.45) is 4.53. The van der Waals surface area contributed by atoms with Gasteiger partial charge in [-0.3, -0.25) is 9.88 Å². The number of anilines is 2. The number of aromatic nitrogens is 1. The number of hydrogen-bond donors (Lipinski definition) is 1. The normalized spacial score (nSPS) is 18.4. The van der Waals surface area contributed by atoms with E-state index < -0.39 is 6.16 Å². The fraction of sp³-hybridized carbons (Fsp3) is 0.367. The quantitative estimate of drug-likeness (QED) is 0.280. The number of para-hydroxylation sites is 1. The van der Waals surface area contributed by atoms with Gasteiger partial charge in [-0.1, -0.05) is 43.6 Å². The molecule has 1 atom stereocenters. The molecule has 1 aromatic heterocycles. The first-order chi connectivity index (χ1) is 18.7. The number of carboxylic acid groups (broad SMARTS) is 1. The van der Waals surface area contributed by atoms with Crippen LogP contribution >= 0.6 is 11.6 Å². The third-order valence-electron chi connectivity index (χ3n) is 7.96. The molecule has 2 amide bonds. The summed E-state index contributed by atoms with van der Waals surface area (Å²) in [7, 11) is 1.76. The highest BCUT2D eigenvalue weighted by atomic mass is 35.5. The molecular weight excluding hydrogens is 516 g/mol. The van der Waals surface area contributed by atoms with Crippen molar-refractivity contribution in [3.05, 3.63) is 83.1 Å². The van der Waals surface area contributed by atoms with E-state index in [1.807, 2.05) is 41.3 Å². The molecule has 3 aromatic rings. The van der Waals surface area contributed by atoms with Crippen molar-refractivity contribution in [3.8, 4) is 5.75 Å². The van der Waals surface area contributed by atoms with Crippen LogP contribution in [0.1, 0.15) is 50.3 Å². The van der Waals surface area contributed by atoms with Crippen LogP contribution < -0.4 is 14.5 Å². The van der Waals surface area contributed by atoms with Gasteiger partial charge >= 0.3 is 12.2 Å². The number of carbonyl (C=O) groups is 2. The summed E-state index contributed by atoms with van der Waals surface area (Å²) in [6.45, 7) is 5.94. The fourth-order valence-corrected chi connectivity index (χ4v) is 6.31. The first kappa shape index (κ1) is 26.8. The third kappa shape index (κ3) is 5.39. The third-order valence-corrected chi connectivity index (χ3v) is 8.28. The Morgan fingerprint density at radius 1 is 1.08 bits per heavy atom. The molecule has 5 rings (SSSR count). The number of amides is 2. The number of halogens is 1. The van der Waals surface area contributed by atoms with Gasteiger partial charge in [0.2, 0.25) is 0 Å². The summed E-state index contributed by atoms with van der Waals surface area (Å²) < 4.78 is 5.01. The van der Waals surface area contributed by atoms with E-state index in [4.69, 9.17) is 16.3 Å². The van der Waals surface area contributed by atoms with E-state index in [0.717, 1.165) is 42.7 Å². The monoisotopic (exact) mass is 548 g/mol. The average Bonchev–Trinajstić information content (AvgIpc) is 3.18. The molecule has 1 aliphatic heterocycles. The van der Waals surface area contributed by atoms with Gasteiger partial charge in [0.05, 0.1) is 16.8 Å². The number of ether oxygens (including phenoxy) is 1. The number of nitrogens with zero attached hydrogens (tertiary/aromatic N) is 4. The van der Waals surface area contributed by atoms with Crippen molar-refractivity contribution >= 4 is 35.2 Å². The molecule has 1 aliphatic carbocycles. The largest absolute Gasteiger partial charge is 0.511 e. The van der Waals surface area contributed by atoms with Gasteiger partial charge in [0, 0.05) is 44.3 Å². The predicted molar refractivity (Wildman–Crippen MR) is 152 cm³/mol. The van der Waals surface area contributed by atoms with E-state index in [1.54, 1.807) is 42.5 Å². The van der Waals surface area contributed by atoms with E-state index in [0.29, 0.717) is 17.1 Å². The van der Waals surface area contributed by atoms with Crippen molar-refractivity contribution in [2.24, 2.45) is 0 Å². The number of hydrogen-bond acceptors (Lipinski definition) is 5. The molecule has 8 nitrogen and oxygen atoms in total. The van der Waals surface area contributed by atoms with Crippen LogP contribution in [0.15, 0.2) is 67.0 Å². The molecule has 1 saturated heterocycles. The SMILES string of the molecule is CN(C(=O)N(C1CCN(c2ccncc2)CC1)C1CC(C)(C)c2ccc(OC(=O)O)cc21)c1ccccc1Cl. The number of pyridine rings is 1. The molecule has 2 heterocycles. The van der Waals surface area contributed by atoms with Crippen molar-refractivity contribution in [1.82, 2.24) is 9.88 Å². The van der Waals surface area contributed by atoms with Gasteiger partial charge in [-0.15, -0.1) is 0 Å². The van der Waals surface area contributed by atoms with Gasteiger partial charge in [0.15, 0.2) is 0 Å². The summed E-state index contributed by atoms with van der Waals surface area (Å²) in [5, 5.41) is 9.72. The molecule has 1 unspecified atom stereocenters. The van der Waals surface area contributed by atoms with Gasteiger partial charge in [0.1, 0.15) is 5.75 Å². The average molecular weight is 549 g/mol. The Morgan fingerprint density at radius 2 is 1.77 bits per heavy atom. The van der Waals surface area contributed by atoms with Crippen LogP contribution in [0.25, 0.3) is 0 Å². The van der Waals surface area contributed by atoms with E-state index >= 15 is 0 Å². The van der Waals surface area contributed by atoms with Gasteiger partial charge in [-0.25, -0.2) is 9.59 Å². The summed E-state index contributed by atoms with van der Waals surface area (Å²) in [5.74, 6) is 0.253. The highest BCUT2D eigenvalue weighted by Crippen LogP contribution is 2.50. The van der Waals surface area contributed by atoms with E-state index in [2.05, 4.69) is 23.7 Å². The van der Waals surface area contributed by atoms with Crippen LogP contribution in [0, 0.1) is 0 Å². The van der Waals surface area contributed by atoms with Gasteiger partial charge in [-0.2, -0.15) is 0 Å². The van der Waals surface area contributed by atoms with Crippen LogP contribution in [0.4, 0.5) is 21.0 Å². The van der Waals surface area contributed by atoms with Gasteiger partial charge < -0.3 is 19.6 Å². The lowest BCUT2D eigenvalue weighted by Crippen LogP contribution is -2.52. The summed E-state index contributed by atoms with van der Waals surface area (Å²) in [6, 6.07) is 16.3. The van der Waals surface area contributed by atoms with E-state index in [1.165, 1.54) is 0 Å². The Morgan fingerprint density at radius 3 is 2.44 bits per heavy atom. The van der Waals surface area contributed by atoms with Crippen LogP contribution in [0.3, 0.4) is 0 Å². The lowest BCUT2D eigenvalue weighted by molar-refractivity contribution is 0.129. The summed E-state index contributed by atoms with van der Waals surface area (Å²) in [5.41, 5.74) is 3.58. The molecule has 2 aromatic carbocycles. The standard InChI is InChI=1S/C30H33ClN4O4/c1-30(2)19-27(23-18-22(39-29(37)38)8-9-24(23)30)35(28(36)33(3)26-7-5-4-6-25(26)31)21-12-16-34(17-13-21)20-10-14-32-15-11-20/h4-11,14-15,18,21,27H,12-13,16-17,19H2,1-3H3,(H,37,38). The highest BCUT2D eigenvalue weighted by molar-refractivity contribution is 6.33. The second kappa shape index (κ2) is 10.8. The Hall–Kier alpha value is -3.78. The minimum Gasteiger partial charge on any atom is -0.449 e. The first-order valence-corrected chi connectivity index (χ1v) is 13.5. The molecule has 0 spiro atoms. The van der Waals surface area contributed by atoms with Crippen LogP contribution in [0.2, 0.25) is 5.02 Å². The Balaban J connectivity index is 1.51. The van der Waals surface area contributed by atoms with Crippen molar-refractivity contribution in [2.45, 2.75) is 50.6 Å². The second-order valence-electron chi connectivity index (χ2n) is 10.8. The van der Waals surface area contributed by atoms with Crippen molar-refractivity contribution in [2.75, 3.05) is 29.9 Å². The zero-order valence-corrected chi connectivity index (χ0v) is 23.1. The number of fused-ring (bicyclic) bond motifs is 1. The van der Waals surface area contributed by atoms with E-state index in [-0.39, 0.29) is 29.3 Å². The number of carbonyl (C=O) groups excluding carboxylic acids is 1. The Kier molecular flexibility index (Phi) is 7.40. The lowest BCUT2D eigenvalue weighted by atomic mass is 9.86. The maximum atomic E-state index is 14.4. The molecule has 9 heteroatoms. The Labute approximate surface area is 233 Å². The molecular formula is C30H33ClN4O4. The van der Waals surface area contributed by atoms with Crippen molar-refractivity contribution < 1.29 is 19.4 Å². The maximum Gasteiger partial charge on any atom is 0.511 e. The molecule has 0 radical (unpaired) electrons. The van der Waals surface area contributed by atoms with Crippen molar-refractivity contribution in [3.63, 3.8) is 0 Å². The highest BCUT2D eigenvalue weighted by Gasteiger charge is 2.45. The van der Waals surface area contributed by atoms with Crippen LogP contribution in [0.5, 0.6) is 5.75 Å². The minimum absolute atomic E-state index is 0.0173. The smallest absolute Gasteiger partial charge is 0.449 e. The number of urea groups is 1. The predicted octanol–water partition coefficient (Wildman–Crippen LogP) is 6.74. The second-order valence-corrected chi connectivity index (χ2v) is 11.3. The first-order valence-electron chi connectivity index (χ1n) is 13.2. The van der Waals surface area contributed by atoms with E-state index in [9.17, 15) is 14.7 Å². The van der Waals surface area contributed by atoms with Gasteiger partial charge in [-0.05, 0) is 72.2 Å². The lowest BCUT2D eigenvalue weighted by Gasteiger charge is -2.44. The molecule has 1 fully saturated rings. The zero-order valence-electron chi connectivity index (χ0n) is 22.4. The molecule has 2 aliphatic rings. The Bertz CT molecular complexity index is 1360. The number of rotatable bonds is 5. The topological polar surface area (TPSA) is 86.2 Å². The summed E-state index contributed by atoms with van der Waals surface area (Å²) >= 11 is 6.50. The van der Waals surface area contributed by atoms with Gasteiger partial charge in [0.25, 0.3) is 0 Å².